The molecule has 1 aliphatic heterocycles. The van der Waals surface area contributed by atoms with Crippen LogP contribution in [0.1, 0.15) is 32.3 Å². The highest BCUT2D eigenvalue weighted by atomic mass is 32.2. The van der Waals surface area contributed by atoms with Crippen LogP contribution in [0.15, 0.2) is 23.6 Å². The summed E-state index contributed by atoms with van der Waals surface area (Å²) < 4.78 is 25.4. The van der Waals surface area contributed by atoms with E-state index in [0.717, 1.165) is 53.4 Å². The largest absolute Gasteiger partial charge is 0.361 e. The first-order chi connectivity index (χ1) is 11.8. The molecule has 0 radical (unpaired) electrons. The van der Waals surface area contributed by atoms with Crippen molar-refractivity contribution in [1.29, 1.82) is 0 Å². The molecular formula is C18H25N3O2S2. The van der Waals surface area contributed by atoms with Gasteiger partial charge in [0.1, 0.15) is 0 Å². The van der Waals surface area contributed by atoms with Crippen LogP contribution in [0.3, 0.4) is 0 Å². The molecule has 0 saturated carbocycles. The Balaban J connectivity index is 1.80. The highest BCUT2D eigenvalue weighted by Gasteiger charge is 2.24. The molecule has 0 amide bonds. The van der Waals surface area contributed by atoms with Gasteiger partial charge in [0.2, 0.25) is 10.0 Å². The van der Waals surface area contributed by atoms with E-state index < -0.39 is 10.0 Å². The maximum Gasteiger partial charge on any atom is 0.232 e. The van der Waals surface area contributed by atoms with Crippen LogP contribution in [-0.4, -0.2) is 32.7 Å². The molecule has 0 fully saturated rings. The summed E-state index contributed by atoms with van der Waals surface area (Å²) in [6.07, 6.45) is 4.14. The van der Waals surface area contributed by atoms with Crippen molar-refractivity contribution in [1.82, 2.24) is 4.98 Å². The van der Waals surface area contributed by atoms with Gasteiger partial charge >= 0.3 is 0 Å². The minimum atomic E-state index is -3.22. The monoisotopic (exact) mass is 379 g/mol. The lowest BCUT2D eigenvalue weighted by molar-refractivity contribution is 0.592. The summed E-state index contributed by atoms with van der Waals surface area (Å²) in [5.74, 6) is 0.672. The SMILES string of the molecule is CC(C)CCNc1nc(-c2ccc3c(c2)CCCN3S(C)(=O)=O)cs1. The van der Waals surface area contributed by atoms with Crippen LogP contribution in [0.4, 0.5) is 10.8 Å². The number of aromatic nitrogens is 1. The molecule has 7 heteroatoms. The van der Waals surface area contributed by atoms with Crippen molar-refractivity contribution in [3.05, 3.63) is 29.1 Å². The van der Waals surface area contributed by atoms with E-state index in [4.69, 9.17) is 0 Å². The number of aryl methyl sites for hydroxylation is 1. The predicted molar refractivity (Wildman–Crippen MR) is 106 cm³/mol. The third-order valence-corrected chi connectivity index (χ3v) is 6.33. The molecule has 136 valence electrons. The van der Waals surface area contributed by atoms with Crippen molar-refractivity contribution in [2.24, 2.45) is 5.92 Å². The number of hydrogen-bond acceptors (Lipinski definition) is 5. The lowest BCUT2D eigenvalue weighted by atomic mass is 10.00. The Hall–Kier alpha value is -1.60. The van der Waals surface area contributed by atoms with Crippen molar-refractivity contribution in [2.45, 2.75) is 33.1 Å². The van der Waals surface area contributed by atoms with E-state index in [2.05, 4.69) is 35.6 Å². The normalized spacial score (nSPS) is 14.6. The zero-order chi connectivity index (χ0) is 18.0. The highest BCUT2D eigenvalue weighted by Crippen LogP contribution is 2.33. The zero-order valence-electron chi connectivity index (χ0n) is 14.9. The molecular weight excluding hydrogens is 354 g/mol. The van der Waals surface area contributed by atoms with Crippen molar-refractivity contribution in [3.63, 3.8) is 0 Å². The zero-order valence-corrected chi connectivity index (χ0v) is 16.6. The fourth-order valence-electron chi connectivity index (χ4n) is 3.02. The van der Waals surface area contributed by atoms with E-state index in [9.17, 15) is 8.42 Å². The summed E-state index contributed by atoms with van der Waals surface area (Å²) in [7, 11) is -3.22. The highest BCUT2D eigenvalue weighted by molar-refractivity contribution is 7.92. The average molecular weight is 380 g/mol. The Kier molecular flexibility index (Phi) is 5.34. The first-order valence-electron chi connectivity index (χ1n) is 8.65. The summed E-state index contributed by atoms with van der Waals surface area (Å²) in [5.41, 5.74) is 3.87. The fraction of sp³-hybridized carbons (Fsp3) is 0.500. The van der Waals surface area contributed by atoms with Crippen LogP contribution < -0.4 is 9.62 Å². The Morgan fingerprint density at radius 1 is 1.36 bits per heavy atom. The molecule has 1 aliphatic rings. The number of anilines is 2. The Morgan fingerprint density at radius 3 is 2.88 bits per heavy atom. The smallest absolute Gasteiger partial charge is 0.232 e. The third-order valence-electron chi connectivity index (χ3n) is 4.35. The molecule has 0 aliphatic carbocycles. The van der Waals surface area contributed by atoms with Gasteiger partial charge in [-0.3, -0.25) is 4.31 Å². The second-order valence-electron chi connectivity index (χ2n) is 6.93. The minimum Gasteiger partial charge on any atom is -0.361 e. The molecule has 3 rings (SSSR count). The predicted octanol–water partition coefficient (Wildman–Crippen LogP) is 3.98. The molecule has 0 spiro atoms. The first kappa shape index (κ1) is 18.2. The van der Waals surface area contributed by atoms with Crippen LogP contribution in [0, 0.1) is 5.92 Å². The summed E-state index contributed by atoms with van der Waals surface area (Å²) in [6.45, 7) is 5.91. The maximum absolute atomic E-state index is 12.0. The van der Waals surface area contributed by atoms with E-state index in [1.165, 1.54) is 10.6 Å². The molecule has 1 N–H and O–H groups in total. The number of benzene rings is 1. The van der Waals surface area contributed by atoms with Gasteiger partial charge in [-0.25, -0.2) is 13.4 Å². The molecule has 2 heterocycles. The lowest BCUT2D eigenvalue weighted by Gasteiger charge is -2.29. The second-order valence-corrected chi connectivity index (χ2v) is 9.69. The summed E-state index contributed by atoms with van der Waals surface area (Å²) in [5, 5.41) is 6.36. The Bertz CT molecular complexity index is 844. The molecule has 0 bridgehead atoms. The van der Waals surface area contributed by atoms with Gasteiger partial charge in [-0.1, -0.05) is 19.9 Å². The Labute approximate surface area is 154 Å². The van der Waals surface area contributed by atoms with Crippen molar-refractivity contribution < 1.29 is 8.42 Å². The fourth-order valence-corrected chi connectivity index (χ4v) is 4.77. The first-order valence-corrected chi connectivity index (χ1v) is 11.4. The molecule has 5 nitrogen and oxygen atoms in total. The molecule has 0 unspecified atom stereocenters. The lowest BCUT2D eigenvalue weighted by Crippen LogP contribution is -2.34. The number of thiazole rings is 1. The van der Waals surface area contributed by atoms with E-state index in [1.807, 2.05) is 12.1 Å². The third kappa shape index (κ3) is 4.33. The van der Waals surface area contributed by atoms with E-state index in [1.54, 1.807) is 11.3 Å². The van der Waals surface area contributed by atoms with Gasteiger partial charge in [-0.05, 0) is 42.9 Å². The molecule has 0 saturated heterocycles. The number of nitrogens with one attached hydrogen (secondary N) is 1. The van der Waals surface area contributed by atoms with Crippen molar-refractivity contribution in [2.75, 3.05) is 29.0 Å². The van der Waals surface area contributed by atoms with Gasteiger partial charge in [0.05, 0.1) is 17.6 Å². The molecule has 1 aromatic heterocycles. The molecule has 25 heavy (non-hydrogen) atoms. The molecule has 0 atom stereocenters. The number of nitrogens with zero attached hydrogens (tertiary/aromatic N) is 2. The van der Waals surface area contributed by atoms with E-state index in [-0.39, 0.29) is 0 Å². The summed E-state index contributed by atoms with van der Waals surface area (Å²) >= 11 is 1.61. The summed E-state index contributed by atoms with van der Waals surface area (Å²) in [6, 6.07) is 5.96. The quantitative estimate of drug-likeness (QED) is 0.825. The number of fused-ring (bicyclic) bond motifs is 1. The standard InChI is InChI=1S/C18H25N3O2S2/c1-13(2)8-9-19-18-20-16(12-24-18)14-6-7-17-15(11-14)5-4-10-21(17)25(3,22)23/h6-7,11-13H,4-5,8-10H2,1-3H3,(H,19,20). The van der Waals surface area contributed by atoms with Crippen molar-refractivity contribution in [3.8, 4) is 11.3 Å². The summed E-state index contributed by atoms with van der Waals surface area (Å²) in [4.78, 5) is 4.67. The molecule has 1 aromatic carbocycles. The second kappa shape index (κ2) is 7.33. The van der Waals surface area contributed by atoms with Gasteiger partial charge in [0.25, 0.3) is 0 Å². The van der Waals surface area contributed by atoms with Gasteiger partial charge in [-0.2, -0.15) is 0 Å². The number of rotatable bonds is 6. The van der Waals surface area contributed by atoms with Gasteiger partial charge in [0, 0.05) is 24.0 Å². The van der Waals surface area contributed by atoms with Gasteiger partial charge in [-0.15, -0.1) is 11.3 Å². The van der Waals surface area contributed by atoms with E-state index >= 15 is 0 Å². The topological polar surface area (TPSA) is 62.3 Å². The average Bonchev–Trinajstić information content (AvgIpc) is 3.01. The van der Waals surface area contributed by atoms with Gasteiger partial charge < -0.3 is 5.32 Å². The maximum atomic E-state index is 12.0. The van der Waals surface area contributed by atoms with E-state index in [0.29, 0.717) is 12.5 Å². The minimum absolute atomic E-state index is 0.561. The number of sulfonamides is 1. The van der Waals surface area contributed by atoms with Gasteiger partial charge in [0.15, 0.2) is 5.13 Å². The van der Waals surface area contributed by atoms with Crippen LogP contribution in [-0.2, 0) is 16.4 Å². The molecule has 2 aromatic rings. The van der Waals surface area contributed by atoms with Crippen LogP contribution in [0.25, 0.3) is 11.3 Å². The van der Waals surface area contributed by atoms with Crippen LogP contribution >= 0.6 is 11.3 Å². The number of hydrogen-bond donors (Lipinski definition) is 1. The van der Waals surface area contributed by atoms with Crippen LogP contribution in [0.5, 0.6) is 0 Å². The Morgan fingerprint density at radius 2 is 2.16 bits per heavy atom. The van der Waals surface area contributed by atoms with Crippen molar-refractivity contribution >= 4 is 32.2 Å². The van der Waals surface area contributed by atoms with Crippen LogP contribution in [0.2, 0.25) is 0 Å².